The summed E-state index contributed by atoms with van der Waals surface area (Å²) in [7, 11) is 0. The highest BCUT2D eigenvalue weighted by molar-refractivity contribution is 6.31. The summed E-state index contributed by atoms with van der Waals surface area (Å²) < 4.78 is 1.76. The van der Waals surface area contributed by atoms with E-state index in [1.54, 1.807) is 24.7 Å². The summed E-state index contributed by atoms with van der Waals surface area (Å²) in [6.07, 6.45) is 6.14. The molecule has 150 valence electrons. The van der Waals surface area contributed by atoms with Gasteiger partial charge in [0.25, 0.3) is 0 Å². The van der Waals surface area contributed by atoms with Crippen LogP contribution in [0.15, 0.2) is 55.5 Å². The molecule has 0 fully saturated rings. The lowest BCUT2D eigenvalue weighted by Crippen LogP contribution is -2.19. The molecule has 2 aromatic heterocycles. The van der Waals surface area contributed by atoms with E-state index < -0.39 is 5.60 Å². The Kier molecular flexibility index (Phi) is 5.95. The molecule has 0 aliphatic heterocycles. The van der Waals surface area contributed by atoms with Crippen molar-refractivity contribution in [2.75, 3.05) is 10.6 Å². The number of hydrogen-bond donors (Lipinski definition) is 3. The maximum atomic E-state index is 11.3. The van der Waals surface area contributed by atoms with Crippen molar-refractivity contribution in [3.8, 4) is 0 Å². The quantitative estimate of drug-likeness (QED) is 0.513. The van der Waals surface area contributed by atoms with Crippen LogP contribution in [0.25, 0.3) is 0 Å². The molecule has 0 unspecified atom stereocenters. The van der Waals surface area contributed by atoms with Crippen LogP contribution < -0.4 is 10.6 Å². The Morgan fingerprint density at radius 3 is 2.66 bits per heavy atom. The number of amides is 1. The van der Waals surface area contributed by atoms with Crippen molar-refractivity contribution in [3.63, 3.8) is 0 Å². The van der Waals surface area contributed by atoms with Gasteiger partial charge in [-0.25, -0.2) is 9.97 Å². The predicted molar refractivity (Wildman–Crippen MR) is 112 cm³/mol. The second-order valence-electron chi connectivity index (χ2n) is 6.89. The van der Waals surface area contributed by atoms with Crippen LogP contribution in [0, 0.1) is 0 Å². The molecule has 0 aliphatic rings. The molecule has 0 spiro atoms. The Bertz CT molecular complexity index is 1020. The molecule has 0 saturated heterocycles. The Morgan fingerprint density at radius 2 is 2.00 bits per heavy atom. The molecule has 0 bridgehead atoms. The van der Waals surface area contributed by atoms with Gasteiger partial charge in [-0.3, -0.25) is 9.48 Å². The summed E-state index contributed by atoms with van der Waals surface area (Å²) in [6, 6.07) is 7.45. The van der Waals surface area contributed by atoms with Gasteiger partial charge in [-0.15, -0.1) is 0 Å². The van der Waals surface area contributed by atoms with Crippen LogP contribution in [-0.4, -0.2) is 30.8 Å². The van der Waals surface area contributed by atoms with Crippen molar-refractivity contribution < 1.29 is 9.90 Å². The molecule has 3 rings (SSSR count). The maximum absolute atomic E-state index is 11.3. The van der Waals surface area contributed by atoms with Crippen LogP contribution >= 0.6 is 11.6 Å². The maximum Gasteiger partial charge on any atom is 0.247 e. The first-order valence-electron chi connectivity index (χ1n) is 8.82. The van der Waals surface area contributed by atoms with Gasteiger partial charge in [-0.2, -0.15) is 5.10 Å². The third-order valence-electron chi connectivity index (χ3n) is 3.96. The molecule has 3 aromatic rings. The van der Waals surface area contributed by atoms with Crippen molar-refractivity contribution in [2.24, 2.45) is 0 Å². The number of benzene rings is 1. The normalized spacial score (nSPS) is 11.2. The summed E-state index contributed by atoms with van der Waals surface area (Å²) in [6.45, 7) is 7.19. The Labute approximate surface area is 173 Å². The molecule has 8 nitrogen and oxygen atoms in total. The topological polar surface area (TPSA) is 105 Å². The van der Waals surface area contributed by atoms with E-state index in [1.165, 1.54) is 12.3 Å². The van der Waals surface area contributed by atoms with Crippen molar-refractivity contribution in [1.29, 1.82) is 0 Å². The number of nitrogens with zero attached hydrogens (tertiary/aromatic N) is 4. The third-order valence-corrected chi connectivity index (χ3v) is 4.24. The van der Waals surface area contributed by atoms with Gasteiger partial charge in [-0.05, 0) is 37.6 Å². The van der Waals surface area contributed by atoms with Gasteiger partial charge in [-0.1, -0.05) is 30.3 Å². The minimum atomic E-state index is -1.18. The second-order valence-corrected chi connectivity index (χ2v) is 7.30. The standard InChI is InChI=1S/C20H21ClN6O2/c1-4-17(28)24-14-7-5-13(6-8-14)11-27-12-15(9-23-27)25-19-22-10-16(21)18(26-19)20(2,3)29/h4-10,12,29H,1,11H2,2-3H3,(H,24,28)(H,22,25,26). The van der Waals surface area contributed by atoms with Crippen molar-refractivity contribution in [1.82, 2.24) is 19.7 Å². The molecule has 1 amide bonds. The van der Waals surface area contributed by atoms with E-state index in [4.69, 9.17) is 11.6 Å². The monoisotopic (exact) mass is 412 g/mol. The van der Waals surface area contributed by atoms with E-state index in [9.17, 15) is 9.90 Å². The van der Waals surface area contributed by atoms with Gasteiger partial charge in [0.2, 0.25) is 11.9 Å². The Balaban J connectivity index is 1.67. The molecule has 0 atom stereocenters. The van der Waals surface area contributed by atoms with Crippen LogP contribution in [0.4, 0.5) is 17.3 Å². The number of hydrogen-bond acceptors (Lipinski definition) is 6. The highest BCUT2D eigenvalue weighted by atomic mass is 35.5. The van der Waals surface area contributed by atoms with Crippen molar-refractivity contribution >= 4 is 34.8 Å². The number of carbonyl (C=O) groups is 1. The summed E-state index contributed by atoms with van der Waals surface area (Å²) in [5, 5.41) is 20.5. The zero-order valence-electron chi connectivity index (χ0n) is 16.1. The fourth-order valence-corrected chi connectivity index (χ4v) is 2.90. The molecule has 29 heavy (non-hydrogen) atoms. The first-order chi connectivity index (χ1) is 13.7. The lowest BCUT2D eigenvalue weighted by molar-refractivity contribution is -0.111. The van der Waals surface area contributed by atoms with Crippen LogP contribution in [-0.2, 0) is 16.9 Å². The summed E-state index contributed by atoms with van der Waals surface area (Å²) in [4.78, 5) is 19.7. The number of rotatable bonds is 7. The van der Waals surface area contributed by atoms with Gasteiger partial charge in [0, 0.05) is 11.9 Å². The molecular weight excluding hydrogens is 392 g/mol. The average Bonchev–Trinajstić information content (AvgIpc) is 3.10. The minimum absolute atomic E-state index is 0.252. The zero-order chi connectivity index (χ0) is 21.0. The second kappa shape index (κ2) is 8.42. The molecule has 2 heterocycles. The van der Waals surface area contributed by atoms with Gasteiger partial charge in [0.15, 0.2) is 0 Å². The fraction of sp³-hybridized carbons (Fsp3) is 0.200. The van der Waals surface area contributed by atoms with E-state index in [-0.39, 0.29) is 5.91 Å². The third kappa shape index (κ3) is 5.40. The number of aromatic nitrogens is 4. The fourth-order valence-electron chi connectivity index (χ4n) is 2.57. The first kappa shape index (κ1) is 20.5. The SMILES string of the molecule is C=CC(=O)Nc1ccc(Cn2cc(Nc3ncc(Cl)c(C(C)(C)O)n3)cn2)cc1. The summed E-state index contributed by atoms with van der Waals surface area (Å²) in [5.74, 6) is 0.0612. The minimum Gasteiger partial charge on any atom is -0.384 e. The van der Waals surface area contributed by atoms with Crippen molar-refractivity contribution in [3.05, 3.63) is 71.8 Å². The van der Waals surface area contributed by atoms with Crippen molar-refractivity contribution in [2.45, 2.75) is 26.0 Å². The molecule has 1 aromatic carbocycles. The number of nitrogens with one attached hydrogen (secondary N) is 2. The lowest BCUT2D eigenvalue weighted by Gasteiger charge is -2.18. The van der Waals surface area contributed by atoms with Crippen LogP contribution in [0.3, 0.4) is 0 Å². The summed E-state index contributed by atoms with van der Waals surface area (Å²) >= 11 is 6.07. The molecule has 3 N–H and O–H groups in total. The van der Waals surface area contributed by atoms with E-state index in [1.807, 2.05) is 30.5 Å². The van der Waals surface area contributed by atoms with Crippen LogP contribution in [0.5, 0.6) is 0 Å². The van der Waals surface area contributed by atoms with E-state index in [0.29, 0.717) is 34.6 Å². The number of anilines is 3. The highest BCUT2D eigenvalue weighted by Gasteiger charge is 2.22. The predicted octanol–water partition coefficient (Wildman–Crippen LogP) is 3.47. The molecule has 0 radical (unpaired) electrons. The highest BCUT2D eigenvalue weighted by Crippen LogP contribution is 2.26. The number of carbonyl (C=O) groups excluding carboxylic acids is 1. The first-order valence-corrected chi connectivity index (χ1v) is 9.19. The molecule has 0 saturated carbocycles. The van der Waals surface area contributed by atoms with Gasteiger partial charge in [0.1, 0.15) is 5.60 Å². The smallest absolute Gasteiger partial charge is 0.247 e. The molecule has 9 heteroatoms. The largest absolute Gasteiger partial charge is 0.384 e. The van der Waals surface area contributed by atoms with Crippen LogP contribution in [0.2, 0.25) is 5.02 Å². The Hall–Kier alpha value is -3.23. The number of halogens is 1. The average molecular weight is 413 g/mol. The van der Waals surface area contributed by atoms with E-state index >= 15 is 0 Å². The van der Waals surface area contributed by atoms with E-state index in [0.717, 1.165) is 5.56 Å². The molecular formula is C20H21ClN6O2. The van der Waals surface area contributed by atoms with Crippen LogP contribution in [0.1, 0.15) is 25.1 Å². The lowest BCUT2D eigenvalue weighted by atomic mass is 10.1. The molecule has 0 aliphatic carbocycles. The Morgan fingerprint density at radius 1 is 1.28 bits per heavy atom. The van der Waals surface area contributed by atoms with Gasteiger partial charge < -0.3 is 15.7 Å². The van der Waals surface area contributed by atoms with Gasteiger partial charge >= 0.3 is 0 Å². The zero-order valence-corrected chi connectivity index (χ0v) is 16.8. The van der Waals surface area contributed by atoms with E-state index in [2.05, 4.69) is 32.3 Å². The summed E-state index contributed by atoms with van der Waals surface area (Å²) in [5.41, 5.74) is 1.57. The number of aliphatic hydroxyl groups is 1. The van der Waals surface area contributed by atoms with Gasteiger partial charge in [0.05, 0.1) is 35.3 Å².